The fourth-order valence-electron chi connectivity index (χ4n) is 3.45. The Morgan fingerprint density at radius 3 is 2.37 bits per heavy atom. The Morgan fingerprint density at radius 1 is 1.06 bits per heavy atom. The van der Waals surface area contributed by atoms with Gasteiger partial charge < -0.3 is 19.7 Å². The van der Waals surface area contributed by atoms with Crippen molar-refractivity contribution in [1.29, 1.82) is 0 Å². The number of benzene rings is 2. The smallest absolute Gasteiger partial charge is 0.247 e. The van der Waals surface area contributed by atoms with E-state index in [1.807, 2.05) is 51.1 Å². The molecule has 2 aromatic carbocycles. The van der Waals surface area contributed by atoms with Gasteiger partial charge >= 0.3 is 0 Å². The molecule has 0 bridgehead atoms. The Labute approximate surface area is 205 Å². The summed E-state index contributed by atoms with van der Waals surface area (Å²) in [4.78, 5) is 29.0. The van der Waals surface area contributed by atoms with Gasteiger partial charge in [-0.15, -0.1) is 10.2 Å². The zero-order valence-corrected chi connectivity index (χ0v) is 21.0. The lowest BCUT2D eigenvalue weighted by Gasteiger charge is -2.31. The number of rotatable bonds is 9. The van der Waals surface area contributed by atoms with E-state index in [1.165, 1.54) is 9.70 Å². The molecule has 0 spiro atoms. The van der Waals surface area contributed by atoms with Gasteiger partial charge in [-0.1, -0.05) is 30.3 Å². The first-order valence-corrected chi connectivity index (χ1v) is 11.3. The minimum absolute atomic E-state index is 0.166. The molecular formula is C25H32N6O4. The Balaban J connectivity index is 1.81. The molecule has 0 radical (unpaired) electrons. The topological polar surface area (TPSA) is 111 Å². The molecule has 0 fully saturated rings. The van der Waals surface area contributed by atoms with Crippen LogP contribution in [-0.2, 0) is 22.7 Å². The molecule has 186 valence electrons. The predicted molar refractivity (Wildman–Crippen MR) is 131 cm³/mol. The van der Waals surface area contributed by atoms with Crippen molar-refractivity contribution in [2.75, 3.05) is 14.2 Å². The van der Waals surface area contributed by atoms with Crippen LogP contribution < -0.4 is 14.8 Å². The summed E-state index contributed by atoms with van der Waals surface area (Å²) in [5.41, 5.74) is 1.16. The zero-order valence-electron chi connectivity index (χ0n) is 21.0. The van der Waals surface area contributed by atoms with Crippen LogP contribution >= 0.6 is 0 Å². The van der Waals surface area contributed by atoms with Crippen molar-refractivity contribution in [2.45, 2.75) is 52.4 Å². The minimum atomic E-state index is -0.698. The normalized spacial score (nSPS) is 12.1. The van der Waals surface area contributed by atoms with Crippen LogP contribution in [0.4, 0.5) is 0 Å². The average molecular weight is 481 g/mol. The number of ether oxygens (including phenoxy) is 2. The summed E-state index contributed by atoms with van der Waals surface area (Å²) < 4.78 is 10.6. The van der Waals surface area contributed by atoms with Gasteiger partial charge in [0.05, 0.1) is 14.2 Å². The van der Waals surface area contributed by atoms with Gasteiger partial charge in [-0.05, 0) is 56.7 Å². The Bertz CT molecular complexity index is 1160. The van der Waals surface area contributed by atoms with Crippen molar-refractivity contribution in [2.24, 2.45) is 0 Å². The number of amides is 2. The molecule has 1 atom stereocenters. The third-order valence-corrected chi connectivity index (χ3v) is 5.23. The number of nitrogens with zero attached hydrogens (tertiary/aromatic N) is 5. The van der Waals surface area contributed by atoms with E-state index in [4.69, 9.17) is 9.47 Å². The van der Waals surface area contributed by atoms with Crippen molar-refractivity contribution >= 4 is 11.8 Å². The summed E-state index contributed by atoms with van der Waals surface area (Å²) in [6.07, 6.45) is 0. The van der Waals surface area contributed by atoms with Crippen LogP contribution in [0, 0.1) is 0 Å². The van der Waals surface area contributed by atoms with Crippen LogP contribution in [0.3, 0.4) is 0 Å². The molecule has 10 nitrogen and oxygen atoms in total. The van der Waals surface area contributed by atoms with Gasteiger partial charge in [0.2, 0.25) is 17.6 Å². The molecule has 2 amide bonds. The molecule has 0 saturated heterocycles. The highest BCUT2D eigenvalue weighted by atomic mass is 16.5. The molecular weight excluding hydrogens is 448 g/mol. The van der Waals surface area contributed by atoms with Gasteiger partial charge in [-0.25, -0.2) is 0 Å². The van der Waals surface area contributed by atoms with E-state index in [-0.39, 0.29) is 24.9 Å². The lowest BCUT2D eigenvalue weighted by molar-refractivity contribution is -0.142. The van der Waals surface area contributed by atoms with Crippen LogP contribution in [0.1, 0.15) is 33.3 Å². The van der Waals surface area contributed by atoms with Gasteiger partial charge in [0, 0.05) is 17.6 Å². The van der Waals surface area contributed by atoms with Gasteiger partial charge in [-0.2, -0.15) is 4.80 Å². The van der Waals surface area contributed by atoms with Crippen LogP contribution in [0.25, 0.3) is 11.4 Å². The average Bonchev–Trinajstić information content (AvgIpc) is 3.29. The molecule has 35 heavy (non-hydrogen) atoms. The number of carbonyl (C=O) groups excluding carboxylic acids is 2. The van der Waals surface area contributed by atoms with Crippen molar-refractivity contribution in [1.82, 2.24) is 30.4 Å². The molecule has 3 rings (SSSR count). The quantitative estimate of drug-likeness (QED) is 0.501. The molecule has 1 N–H and O–H groups in total. The number of methoxy groups -OCH3 is 2. The van der Waals surface area contributed by atoms with Crippen LogP contribution in [0.15, 0.2) is 48.5 Å². The number of tetrazole rings is 1. The largest absolute Gasteiger partial charge is 0.493 e. The summed E-state index contributed by atoms with van der Waals surface area (Å²) >= 11 is 0. The maximum Gasteiger partial charge on any atom is 0.247 e. The number of hydrogen-bond acceptors (Lipinski definition) is 7. The molecule has 10 heteroatoms. The molecule has 1 heterocycles. The monoisotopic (exact) mass is 480 g/mol. The molecule has 1 aromatic heterocycles. The van der Waals surface area contributed by atoms with E-state index < -0.39 is 11.6 Å². The van der Waals surface area contributed by atoms with Gasteiger partial charge in [0.25, 0.3) is 0 Å². The number of nitrogens with one attached hydrogen (secondary N) is 1. The van der Waals surface area contributed by atoms with Crippen LogP contribution in [0.5, 0.6) is 11.5 Å². The van der Waals surface area contributed by atoms with E-state index in [0.717, 1.165) is 5.56 Å². The Morgan fingerprint density at radius 2 is 1.74 bits per heavy atom. The molecule has 0 aliphatic rings. The highest BCUT2D eigenvalue weighted by Gasteiger charge is 2.29. The van der Waals surface area contributed by atoms with E-state index in [0.29, 0.717) is 22.9 Å². The first-order chi connectivity index (χ1) is 16.6. The van der Waals surface area contributed by atoms with E-state index in [1.54, 1.807) is 39.3 Å². The zero-order chi connectivity index (χ0) is 25.6. The Kier molecular flexibility index (Phi) is 8.06. The summed E-state index contributed by atoms with van der Waals surface area (Å²) in [6.45, 7) is 7.52. The minimum Gasteiger partial charge on any atom is -0.493 e. The number of hydrogen-bond donors (Lipinski definition) is 1. The number of aromatic nitrogens is 4. The van der Waals surface area contributed by atoms with Gasteiger partial charge in [0.1, 0.15) is 12.6 Å². The van der Waals surface area contributed by atoms with Crippen LogP contribution in [-0.4, -0.2) is 62.7 Å². The predicted octanol–water partition coefficient (Wildman–Crippen LogP) is 2.69. The number of carbonyl (C=O) groups is 2. The van der Waals surface area contributed by atoms with Crippen molar-refractivity contribution in [3.05, 3.63) is 54.1 Å². The first-order valence-electron chi connectivity index (χ1n) is 11.3. The molecule has 0 saturated carbocycles. The Hall–Kier alpha value is -3.95. The summed E-state index contributed by atoms with van der Waals surface area (Å²) in [5.74, 6) is 0.913. The summed E-state index contributed by atoms with van der Waals surface area (Å²) in [7, 11) is 3.10. The van der Waals surface area contributed by atoms with E-state index >= 15 is 0 Å². The highest BCUT2D eigenvalue weighted by molar-refractivity contribution is 5.87. The first kappa shape index (κ1) is 25.7. The van der Waals surface area contributed by atoms with Crippen molar-refractivity contribution in [3.63, 3.8) is 0 Å². The maximum atomic E-state index is 13.3. The fourth-order valence-corrected chi connectivity index (χ4v) is 3.45. The molecule has 0 aliphatic carbocycles. The summed E-state index contributed by atoms with van der Waals surface area (Å²) in [6, 6.07) is 14.1. The standard InChI is InChI=1S/C25H32N6O4/c1-17(24(33)26-25(2,3)4)30(15-18-10-8-7-9-11-18)22(32)16-31-28-23(27-29-31)19-12-13-20(34-5)21(14-19)35-6/h7-14,17H,15-16H2,1-6H3,(H,26,33). The second kappa shape index (κ2) is 11.0. The third-order valence-electron chi connectivity index (χ3n) is 5.23. The molecule has 0 aliphatic heterocycles. The SMILES string of the molecule is COc1ccc(-c2nnn(CC(=O)N(Cc3ccccc3)C(C)C(=O)NC(C)(C)C)n2)cc1OC. The van der Waals surface area contributed by atoms with Gasteiger partial charge in [-0.3, -0.25) is 9.59 Å². The van der Waals surface area contributed by atoms with Gasteiger partial charge in [0.15, 0.2) is 11.5 Å². The second-order valence-corrected chi connectivity index (χ2v) is 9.14. The lowest BCUT2D eigenvalue weighted by atomic mass is 10.1. The highest BCUT2D eigenvalue weighted by Crippen LogP contribution is 2.30. The molecule has 3 aromatic rings. The maximum absolute atomic E-state index is 13.3. The fraction of sp³-hybridized carbons (Fsp3) is 0.400. The van der Waals surface area contributed by atoms with E-state index in [9.17, 15) is 9.59 Å². The van der Waals surface area contributed by atoms with Crippen LogP contribution in [0.2, 0.25) is 0 Å². The lowest BCUT2D eigenvalue weighted by Crippen LogP contribution is -2.53. The third kappa shape index (κ3) is 6.78. The van der Waals surface area contributed by atoms with Crippen molar-refractivity contribution < 1.29 is 19.1 Å². The van der Waals surface area contributed by atoms with E-state index in [2.05, 4.69) is 20.7 Å². The second-order valence-electron chi connectivity index (χ2n) is 9.14. The summed E-state index contributed by atoms with van der Waals surface area (Å²) in [5, 5.41) is 15.4. The molecule has 1 unspecified atom stereocenters. The van der Waals surface area contributed by atoms with Crippen molar-refractivity contribution in [3.8, 4) is 22.9 Å².